The summed E-state index contributed by atoms with van der Waals surface area (Å²) in [7, 11) is -8.58. The van der Waals surface area contributed by atoms with Crippen molar-refractivity contribution in [3.63, 3.8) is 0 Å². The normalized spacial score (nSPS) is 11.4. The van der Waals surface area contributed by atoms with Crippen molar-refractivity contribution < 1.29 is 36.3 Å². The maximum atomic E-state index is 14.0. The number of phosphoric ester groups is 2. The molecule has 0 aliphatic rings. The maximum absolute atomic E-state index is 14.0. The molecule has 0 unspecified atom stereocenters. The Hall–Kier alpha value is -4.64. The molecule has 226 valence electrons. The smallest absolute Gasteiger partial charge is 0.386 e. The molecule has 44 heavy (non-hydrogen) atoms. The molecule has 0 fully saturated rings. The van der Waals surface area contributed by atoms with Crippen LogP contribution in [0, 0.1) is 27.7 Å². The van der Waals surface area contributed by atoms with Crippen molar-refractivity contribution in [3.8, 4) is 34.5 Å². The molecule has 0 saturated carbocycles. The van der Waals surface area contributed by atoms with E-state index in [0.29, 0.717) is 23.0 Å². The van der Waals surface area contributed by atoms with E-state index in [-0.39, 0.29) is 11.5 Å². The molecule has 8 nitrogen and oxygen atoms in total. The van der Waals surface area contributed by atoms with Crippen molar-refractivity contribution in [2.24, 2.45) is 0 Å². The Bertz CT molecular complexity index is 1550. The Morgan fingerprint density at radius 3 is 0.818 bits per heavy atom. The number of aryl methyl sites for hydroxylation is 4. The zero-order valence-corrected chi connectivity index (χ0v) is 26.5. The van der Waals surface area contributed by atoms with Crippen molar-refractivity contribution >= 4 is 15.6 Å². The minimum atomic E-state index is -4.29. The van der Waals surface area contributed by atoms with Gasteiger partial charge in [-0.3, -0.25) is 0 Å². The van der Waals surface area contributed by atoms with Crippen LogP contribution in [0.4, 0.5) is 0 Å². The van der Waals surface area contributed by atoms with Crippen molar-refractivity contribution in [2.45, 2.75) is 27.7 Å². The van der Waals surface area contributed by atoms with E-state index in [2.05, 4.69) is 0 Å². The van der Waals surface area contributed by atoms with Gasteiger partial charge in [-0.05, 0) is 88.4 Å². The zero-order chi connectivity index (χ0) is 31.2. The topological polar surface area (TPSA) is 89.5 Å². The Kier molecular flexibility index (Phi) is 9.34. The van der Waals surface area contributed by atoms with Crippen LogP contribution in [0.5, 0.6) is 34.5 Å². The summed E-state index contributed by atoms with van der Waals surface area (Å²) in [5.41, 5.74) is 4.01. The SMILES string of the molecule is Cc1ccc(OP(=O)(Oc2ccc(C)cc2)Oc2cccc(OP(=O)(Oc3ccc(C)cc3)Oc3ccc(C)cc3)c2)cc1. The van der Waals surface area contributed by atoms with Gasteiger partial charge in [-0.15, -0.1) is 0 Å². The van der Waals surface area contributed by atoms with E-state index in [1.165, 1.54) is 6.07 Å². The monoisotopic (exact) mass is 630 g/mol. The van der Waals surface area contributed by atoms with Gasteiger partial charge in [-0.1, -0.05) is 76.9 Å². The van der Waals surface area contributed by atoms with Crippen molar-refractivity contribution in [1.29, 1.82) is 0 Å². The number of rotatable bonds is 12. The predicted molar refractivity (Wildman–Crippen MR) is 170 cm³/mol. The van der Waals surface area contributed by atoms with E-state index >= 15 is 0 Å². The number of benzene rings is 5. The van der Waals surface area contributed by atoms with Gasteiger partial charge in [-0.25, -0.2) is 0 Å². The quantitative estimate of drug-likeness (QED) is 0.126. The summed E-state index contributed by atoms with van der Waals surface area (Å²) in [5.74, 6) is 1.31. The van der Waals surface area contributed by atoms with E-state index in [9.17, 15) is 9.13 Å². The third-order valence-corrected chi connectivity index (χ3v) is 8.80. The third kappa shape index (κ3) is 8.70. The van der Waals surface area contributed by atoms with E-state index < -0.39 is 15.6 Å². The number of phosphoric acid groups is 2. The van der Waals surface area contributed by atoms with Crippen LogP contribution in [0.3, 0.4) is 0 Å². The maximum Gasteiger partial charge on any atom is 0.647 e. The molecule has 0 amide bonds. The van der Waals surface area contributed by atoms with E-state index in [0.717, 1.165) is 22.3 Å². The van der Waals surface area contributed by atoms with Crippen LogP contribution in [0.1, 0.15) is 22.3 Å². The Labute approximate surface area is 257 Å². The van der Waals surface area contributed by atoms with Crippen LogP contribution in [0.2, 0.25) is 0 Å². The van der Waals surface area contributed by atoms with Gasteiger partial charge in [0.25, 0.3) is 0 Å². The van der Waals surface area contributed by atoms with Gasteiger partial charge in [0.1, 0.15) is 34.5 Å². The third-order valence-electron chi connectivity index (χ3n) is 6.19. The highest BCUT2D eigenvalue weighted by molar-refractivity contribution is 7.50. The van der Waals surface area contributed by atoms with Crippen molar-refractivity contribution in [1.82, 2.24) is 0 Å². The molecular weight excluding hydrogens is 598 g/mol. The first-order valence-electron chi connectivity index (χ1n) is 13.8. The van der Waals surface area contributed by atoms with Crippen LogP contribution in [-0.2, 0) is 9.13 Å². The molecule has 0 aliphatic heterocycles. The molecule has 0 saturated heterocycles. The van der Waals surface area contributed by atoms with Crippen LogP contribution in [0.15, 0.2) is 121 Å². The fraction of sp³-hybridized carbons (Fsp3) is 0.118. The summed E-state index contributed by atoms with van der Waals surface area (Å²) < 4.78 is 62.8. The minimum Gasteiger partial charge on any atom is -0.386 e. The number of hydrogen-bond donors (Lipinski definition) is 0. The van der Waals surface area contributed by atoms with E-state index in [4.69, 9.17) is 27.1 Å². The highest BCUT2D eigenvalue weighted by Crippen LogP contribution is 2.52. The van der Waals surface area contributed by atoms with Crippen molar-refractivity contribution in [2.75, 3.05) is 0 Å². The molecule has 5 rings (SSSR count). The fourth-order valence-electron chi connectivity index (χ4n) is 3.87. The first-order chi connectivity index (χ1) is 21.0. The average molecular weight is 631 g/mol. The Balaban J connectivity index is 1.42. The Morgan fingerprint density at radius 2 is 0.568 bits per heavy atom. The highest BCUT2D eigenvalue weighted by atomic mass is 31.2. The van der Waals surface area contributed by atoms with Crippen LogP contribution in [-0.4, -0.2) is 0 Å². The molecular formula is C34H32O8P2. The molecule has 5 aromatic rings. The summed E-state index contributed by atoms with van der Waals surface area (Å²) in [6, 6.07) is 34.0. The molecule has 0 aliphatic carbocycles. The molecule has 0 atom stereocenters. The minimum absolute atomic E-state index is 0.0716. The lowest BCUT2D eigenvalue weighted by Crippen LogP contribution is -2.09. The average Bonchev–Trinajstić information content (AvgIpc) is 2.98. The molecule has 0 bridgehead atoms. The van der Waals surface area contributed by atoms with E-state index in [1.54, 1.807) is 66.7 Å². The molecule has 0 aromatic heterocycles. The largest absolute Gasteiger partial charge is 0.647 e. The predicted octanol–water partition coefficient (Wildman–Crippen LogP) is 10.2. The van der Waals surface area contributed by atoms with Crippen LogP contribution >= 0.6 is 15.6 Å². The summed E-state index contributed by atoms with van der Waals surface area (Å²) in [4.78, 5) is 0. The van der Waals surface area contributed by atoms with Gasteiger partial charge in [0.05, 0.1) is 0 Å². The second-order valence-corrected chi connectivity index (χ2v) is 13.1. The molecule has 0 spiro atoms. The lowest BCUT2D eigenvalue weighted by Gasteiger charge is -2.21. The molecule has 10 heteroatoms. The van der Waals surface area contributed by atoms with E-state index in [1.807, 2.05) is 76.2 Å². The van der Waals surface area contributed by atoms with Crippen molar-refractivity contribution in [3.05, 3.63) is 144 Å². The van der Waals surface area contributed by atoms with Gasteiger partial charge in [0.2, 0.25) is 0 Å². The first kappa shape index (κ1) is 30.8. The standard InChI is InChI=1S/C34H32O8P2/c1-25-8-16-29(17-9-25)37-43(35,38-30-18-10-26(2)11-19-30)41-33-6-5-7-34(24-33)42-44(36,39-31-20-12-27(3)13-21-31)40-32-22-14-28(4)15-23-32/h5-24H,1-4H3. The molecule has 0 radical (unpaired) electrons. The Morgan fingerprint density at radius 1 is 0.341 bits per heavy atom. The van der Waals surface area contributed by atoms with Gasteiger partial charge < -0.3 is 27.1 Å². The fourth-order valence-corrected chi connectivity index (χ4v) is 6.36. The second-order valence-electron chi connectivity index (χ2n) is 10.2. The van der Waals surface area contributed by atoms with Gasteiger partial charge >= 0.3 is 15.6 Å². The summed E-state index contributed by atoms with van der Waals surface area (Å²) in [5, 5.41) is 0. The molecule has 5 aromatic carbocycles. The second kappa shape index (κ2) is 13.3. The molecule has 0 N–H and O–H groups in total. The summed E-state index contributed by atoms with van der Waals surface area (Å²) >= 11 is 0. The van der Waals surface area contributed by atoms with Gasteiger partial charge in [-0.2, -0.15) is 9.13 Å². The van der Waals surface area contributed by atoms with Gasteiger partial charge in [0, 0.05) is 6.07 Å². The summed E-state index contributed by atoms with van der Waals surface area (Å²) in [6.45, 7) is 7.71. The van der Waals surface area contributed by atoms with Gasteiger partial charge in [0.15, 0.2) is 0 Å². The first-order valence-corrected chi connectivity index (χ1v) is 16.7. The number of hydrogen-bond acceptors (Lipinski definition) is 8. The zero-order valence-electron chi connectivity index (χ0n) is 24.7. The lowest BCUT2D eigenvalue weighted by molar-refractivity contribution is 0.295. The molecule has 0 heterocycles. The van der Waals surface area contributed by atoms with Crippen LogP contribution in [0.25, 0.3) is 0 Å². The summed E-state index contributed by atoms with van der Waals surface area (Å²) in [6.07, 6.45) is 0. The lowest BCUT2D eigenvalue weighted by atomic mass is 10.2. The van der Waals surface area contributed by atoms with Crippen LogP contribution < -0.4 is 27.1 Å². The highest BCUT2D eigenvalue weighted by Gasteiger charge is 2.35.